The zero-order valence-electron chi connectivity index (χ0n) is 18.9. The van der Waals surface area contributed by atoms with E-state index in [4.69, 9.17) is 4.98 Å². The highest BCUT2D eigenvalue weighted by Gasteiger charge is 2.25. The number of benzene rings is 2. The Morgan fingerprint density at radius 3 is 2.68 bits per heavy atom. The van der Waals surface area contributed by atoms with Crippen LogP contribution in [-0.2, 0) is 17.6 Å². The second-order valence-electron chi connectivity index (χ2n) is 8.75. The average molecular weight is 494 g/mol. The van der Waals surface area contributed by atoms with Gasteiger partial charge in [0.25, 0.3) is 5.56 Å². The van der Waals surface area contributed by atoms with Crippen molar-refractivity contribution in [2.75, 3.05) is 11.1 Å². The maximum absolute atomic E-state index is 13.8. The van der Waals surface area contributed by atoms with Gasteiger partial charge < -0.3 is 5.32 Å². The highest BCUT2D eigenvalue weighted by atomic mass is 32.2. The Balaban J connectivity index is 1.52. The summed E-state index contributed by atoms with van der Waals surface area (Å²) in [6.07, 6.45) is 2.94. The number of thioether (sulfide) groups is 1. The Labute approximate surface area is 205 Å². The number of hydrogen-bond acceptors (Lipinski definition) is 5. The van der Waals surface area contributed by atoms with Crippen LogP contribution in [0.1, 0.15) is 29.3 Å². The van der Waals surface area contributed by atoms with Gasteiger partial charge in [0.15, 0.2) is 5.16 Å². The maximum atomic E-state index is 13.8. The number of aromatic nitrogens is 2. The number of nitrogens with zero attached hydrogens (tertiary/aromatic N) is 2. The van der Waals surface area contributed by atoms with Gasteiger partial charge in [0.1, 0.15) is 10.6 Å². The molecule has 1 atom stereocenters. The number of nitrogens with one attached hydrogen (secondary N) is 1. The Kier molecular flexibility index (Phi) is 6.27. The lowest BCUT2D eigenvalue weighted by Gasteiger charge is -2.18. The maximum Gasteiger partial charge on any atom is 0.267 e. The Bertz CT molecular complexity index is 1430. The molecule has 1 amide bonds. The molecule has 0 saturated heterocycles. The lowest BCUT2D eigenvalue weighted by molar-refractivity contribution is -0.113. The summed E-state index contributed by atoms with van der Waals surface area (Å²) in [7, 11) is 0. The SMILES string of the molecule is Cc1ccc(-n2c(SCC(=O)Nc3ccc(F)cc3)nc3sc4c(c3c2=O)CCC(C)C4)cc1. The molecule has 0 fully saturated rings. The number of thiophene rings is 1. The Hall–Kier alpha value is -2.97. The van der Waals surface area contributed by atoms with Crippen LogP contribution in [0.3, 0.4) is 0 Å². The van der Waals surface area contributed by atoms with E-state index in [1.165, 1.54) is 40.9 Å². The molecule has 2 aromatic carbocycles. The first-order valence-corrected chi connectivity index (χ1v) is 13.0. The number of amides is 1. The molecule has 0 radical (unpaired) electrons. The molecule has 1 unspecified atom stereocenters. The fraction of sp³-hybridized carbons (Fsp3) is 0.269. The summed E-state index contributed by atoms with van der Waals surface area (Å²) in [4.78, 5) is 33.2. The largest absolute Gasteiger partial charge is 0.325 e. The molecular weight excluding hydrogens is 469 g/mol. The van der Waals surface area contributed by atoms with Crippen molar-refractivity contribution in [3.05, 3.63) is 80.7 Å². The van der Waals surface area contributed by atoms with Gasteiger partial charge in [-0.15, -0.1) is 11.3 Å². The average Bonchev–Trinajstić information content (AvgIpc) is 3.17. The van der Waals surface area contributed by atoms with E-state index in [0.717, 1.165) is 40.9 Å². The van der Waals surface area contributed by atoms with Crippen LogP contribution in [0.2, 0.25) is 0 Å². The van der Waals surface area contributed by atoms with Gasteiger partial charge >= 0.3 is 0 Å². The van der Waals surface area contributed by atoms with E-state index in [2.05, 4.69) is 12.2 Å². The Morgan fingerprint density at radius 1 is 1.21 bits per heavy atom. The zero-order valence-corrected chi connectivity index (χ0v) is 20.6. The molecule has 0 bridgehead atoms. The fourth-order valence-corrected chi connectivity index (χ4v) is 6.49. The van der Waals surface area contributed by atoms with Crippen molar-refractivity contribution >= 4 is 44.9 Å². The monoisotopic (exact) mass is 493 g/mol. The molecule has 2 heterocycles. The van der Waals surface area contributed by atoms with E-state index in [0.29, 0.717) is 22.1 Å². The number of carbonyl (C=O) groups excluding carboxylic acids is 1. The van der Waals surface area contributed by atoms with Crippen LogP contribution >= 0.6 is 23.1 Å². The van der Waals surface area contributed by atoms with Gasteiger partial charge in [-0.1, -0.05) is 36.4 Å². The van der Waals surface area contributed by atoms with Crippen LogP contribution in [0.25, 0.3) is 15.9 Å². The lowest BCUT2D eigenvalue weighted by Crippen LogP contribution is -2.23. The van der Waals surface area contributed by atoms with Crippen LogP contribution in [0, 0.1) is 18.7 Å². The number of rotatable bonds is 5. The van der Waals surface area contributed by atoms with Crippen LogP contribution in [0.4, 0.5) is 10.1 Å². The predicted octanol–water partition coefficient (Wildman–Crippen LogP) is 5.75. The van der Waals surface area contributed by atoms with Gasteiger partial charge in [-0.25, -0.2) is 9.37 Å². The highest BCUT2D eigenvalue weighted by Crippen LogP contribution is 2.37. The summed E-state index contributed by atoms with van der Waals surface area (Å²) >= 11 is 2.83. The standard InChI is InChI=1S/C26H24FN3O2S2/c1-15-3-10-19(11-4-15)30-25(32)23-20-12-5-16(2)13-21(20)34-24(23)29-26(30)33-14-22(31)28-18-8-6-17(27)7-9-18/h3-4,6-11,16H,5,12-14H2,1-2H3,(H,28,31). The molecule has 1 aliphatic carbocycles. The number of hydrogen-bond donors (Lipinski definition) is 1. The molecule has 8 heteroatoms. The minimum atomic E-state index is -0.361. The molecule has 1 N–H and O–H groups in total. The number of anilines is 1. The molecule has 174 valence electrons. The minimum absolute atomic E-state index is 0.0727. The first-order chi connectivity index (χ1) is 16.4. The van der Waals surface area contributed by atoms with E-state index in [1.807, 2.05) is 31.2 Å². The number of fused-ring (bicyclic) bond motifs is 3. The first kappa shape index (κ1) is 22.8. The van der Waals surface area contributed by atoms with E-state index in [9.17, 15) is 14.0 Å². The molecule has 1 aliphatic rings. The smallest absolute Gasteiger partial charge is 0.267 e. The molecule has 4 aromatic rings. The summed E-state index contributed by atoms with van der Waals surface area (Å²) in [6.45, 7) is 4.24. The quantitative estimate of drug-likeness (QED) is 0.284. The van der Waals surface area contributed by atoms with E-state index in [-0.39, 0.29) is 23.0 Å². The molecular formula is C26H24FN3O2S2. The van der Waals surface area contributed by atoms with Crippen molar-refractivity contribution in [1.82, 2.24) is 9.55 Å². The van der Waals surface area contributed by atoms with Gasteiger partial charge in [-0.3, -0.25) is 14.2 Å². The van der Waals surface area contributed by atoms with Gasteiger partial charge in [-0.2, -0.15) is 0 Å². The van der Waals surface area contributed by atoms with Gasteiger partial charge in [0.05, 0.1) is 16.8 Å². The van der Waals surface area contributed by atoms with E-state index in [1.54, 1.807) is 15.9 Å². The number of aryl methyl sites for hydroxylation is 2. The van der Waals surface area contributed by atoms with Gasteiger partial charge in [-0.05, 0) is 74.1 Å². The molecule has 5 rings (SSSR count). The topological polar surface area (TPSA) is 64.0 Å². The van der Waals surface area contributed by atoms with Gasteiger partial charge in [0.2, 0.25) is 5.91 Å². The second-order valence-corrected chi connectivity index (χ2v) is 10.8. The predicted molar refractivity (Wildman–Crippen MR) is 137 cm³/mol. The lowest BCUT2D eigenvalue weighted by atomic mass is 9.89. The number of carbonyl (C=O) groups is 1. The highest BCUT2D eigenvalue weighted by molar-refractivity contribution is 7.99. The normalized spacial score (nSPS) is 15.3. The molecule has 2 aromatic heterocycles. The fourth-order valence-electron chi connectivity index (χ4n) is 4.25. The van der Waals surface area contributed by atoms with Crippen molar-refractivity contribution in [1.29, 1.82) is 0 Å². The summed E-state index contributed by atoms with van der Waals surface area (Å²) in [5.41, 5.74) is 3.41. The summed E-state index contributed by atoms with van der Waals surface area (Å²) < 4.78 is 14.8. The first-order valence-electron chi connectivity index (χ1n) is 11.2. The van der Waals surface area contributed by atoms with Crippen LogP contribution in [0.15, 0.2) is 58.5 Å². The number of halogens is 1. The molecule has 0 saturated carbocycles. The van der Waals surface area contributed by atoms with Crippen molar-refractivity contribution in [3.63, 3.8) is 0 Å². The third kappa shape index (κ3) is 4.52. The minimum Gasteiger partial charge on any atom is -0.325 e. The molecule has 34 heavy (non-hydrogen) atoms. The van der Waals surface area contributed by atoms with Gasteiger partial charge in [0, 0.05) is 10.6 Å². The summed E-state index contributed by atoms with van der Waals surface area (Å²) in [5, 5.41) is 3.97. The Morgan fingerprint density at radius 2 is 1.94 bits per heavy atom. The van der Waals surface area contributed by atoms with Crippen molar-refractivity contribution in [2.45, 2.75) is 38.3 Å². The third-order valence-electron chi connectivity index (χ3n) is 6.05. The van der Waals surface area contributed by atoms with Crippen molar-refractivity contribution < 1.29 is 9.18 Å². The van der Waals surface area contributed by atoms with E-state index < -0.39 is 0 Å². The summed E-state index contributed by atoms with van der Waals surface area (Å²) in [6, 6.07) is 13.4. The van der Waals surface area contributed by atoms with Crippen molar-refractivity contribution in [3.8, 4) is 5.69 Å². The van der Waals surface area contributed by atoms with E-state index >= 15 is 0 Å². The van der Waals surface area contributed by atoms with Crippen LogP contribution < -0.4 is 10.9 Å². The van der Waals surface area contributed by atoms with Crippen LogP contribution in [0.5, 0.6) is 0 Å². The second kappa shape index (κ2) is 9.35. The molecule has 0 aliphatic heterocycles. The molecule has 0 spiro atoms. The van der Waals surface area contributed by atoms with Crippen molar-refractivity contribution in [2.24, 2.45) is 5.92 Å². The zero-order chi connectivity index (χ0) is 23.8. The summed E-state index contributed by atoms with van der Waals surface area (Å²) in [5.74, 6) is 0.0631. The molecule has 5 nitrogen and oxygen atoms in total. The third-order valence-corrected chi connectivity index (χ3v) is 8.14. The van der Waals surface area contributed by atoms with Crippen LogP contribution in [-0.4, -0.2) is 21.2 Å².